The van der Waals surface area contributed by atoms with Gasteiger partial charge >= 0.3 is 0 Å². The van der Waals surface area contributed by atoms with Crippen LogP contribution >= 0.6 is 0 Å². The summed E-state index contributed by atoms with van der Waals surface area (Å²) in [5, 5.41) is 13.6. The largest absolute Gasteiger partial charge is 0.508 e. The number of rotatable bonds is 8. The Kier molecular flexibility index (Phi) is 8.60. The maximum absolute atomic E-state index is 13.9. The molecular formula is C30H30F2N4O3. The van der Waals surface area contributed by atoms with E-state index in [9.17, 15) is 18.7 Å². The number of carbonyl (C=O) groups is 1. The number of ether oxygens (including phenoxy) is 1. The van der Waals surface area contributed by atoms with Gasteiger partial charge < -0.3 is 24.7 Å². The van der Waals surface area contributed by atoms with Gasteiger partial charge in [0, 0.05) is 47.7 Å². The minimum atomic E-state index is -0.697. The molecule has 3 aromatic carbocycles. The molecule has 1 atom stereocenters. The molecule has 5 rings (SSSR count). The predicted octanol–water partition coefficient (Wildman–Crippen LogP) is 6.01. The van der Waals surface area contributed by atoms with Crippen LogP contribution in [0.1, 0.15) is 36.8 Å². The summed E-state index contributed by atoms with van der Waals surface area (Å²) in [5.41, 5.74) is 2.66. The third-order valence-corrected chi connectivity index (χ3v) is 6.13. The third-order valence-electron chi connectivity index (χ3n) is 6.13. The Balaban J connectivity index is 0.00000172. The summed E-state index contributed by atoms with van der Waals surface area (Å²) in [5.74, 6) is -0.416. The van der Waals surface area contributed by atoms with Gasteiger partial charge in [-0.25, -0.2) is 13.8 Å². The van der Waals surface area contributed by atoms with E-state index in [4.69, 9.17) is 4.74 Å². The maximum atomic E-state index is 13.9. The van der Waals surface area contributed by atoms with E-state index in [0.29, 0.717) is 22.7 Å². The second-order valence-corrected chi connectivity index (χ2v) is 8.68. The van der Waals surface area contributed by atoms with Crippen LogP contribution in [0.2, 0.25) is 0 Å². The van der Waals surface area contributed by atoms with Crippen molar-refractivity contribution < 1.29 is 23.4 Å². The molecule has 202 valence electrons. The molecule has 3 N–H and O–H groups in total. The first-order valence-corrected chi connectivity index (χ1v) is 12.6. The molecule has 7 nitrogen and oxygen atoms in total. The van der Waals surface area contributed by atoms with Crippen molar-refractivity contribution >= 4 is 16.8 Å². The lowest BCUT2D eigenvalue weighted by Crippen LogP contribution is -2.33. The summed E-state index contributed by atoms with van der Waals surface area (Å²) in [6, 6.07) is 14.8. The van der Waals surface area contributed by atoms with Crippen molar-refractivity contribution in [3.8, 4) is 17.2 Å². The van der Waals surface area contributed by atoms with Gasteiger partial charge in [0.1, 0.15) is 29.0 Å². The van der Waals surface area contributed by atoms with E-state index < -0.39 is 17.7 Å². The zero-order valence-electron chi connectivity index (χ0n) is 21.9. The van der Waals surface area contributed by atoms with Gasteiger partial charge in [0.2, 0.25) is 5.91 Å². The molecule has 0 aliphatic rings. The number of methoxy groups -OCH3 is 1. The van der Waals surface area contributed by atoms with Crippen LogP contribution in [0, 0.1) is 11.6 Å². The first-order valence-electron chi connectivity index (χ1n) is 12.6. The minimum Gasteiger partial charge on any atom is -0.508 e. The highest BCUT2D eigenvalue weighted by Gasteiger charge is 2.22. The number of nitrogens with zero attached hydrogens (tertiary/aromatic N) is 2. The summed E-state index contributed by atoms with van der Waals surface area (Å²) < 4.78 is 34.9. The van der Waals surface area contributed by atoms with Crippen LogP contribution in [0.3, 0.4) is 0 Å². The highest BCUT2D eigenvalue weighted by atomic mass is 19.1. The van der Waals surface area contributed by atoms with E-state index in [2.05, 4.69) is 15.3 Å². The van der Waals surface area contributed by atoms with Crippen molar-refractivity contribution in [3.63, 3.8) is 0 Å². The van der Waals surface area contributed by atoms with Gasteiger partial charge in [-0.15, -0.1) is 0 Å². The van der Waals surface area contributed by atoms with Crippen molar-refractivity contribution in [3.05, 3.63) is 108 Å². The van der Waals surface area contributed by atoms with Gasteiger partial charge in [-0.05, 0) is 65.7 Å². The van der Waals surface area contributed by atoms with E-state index >= 15 is 0 Å². The van der Waals surface area contributed by atoms with E-state index in [1.165, 1.54) is 12.1 Å². The number of amides is 1. The summed E-state index contributed by atoms with van der Waals surface area (Å²) in [4.78, 5) is 20.8. The van der Waals surface area contributed by atoms with Crippen LogP contribution in [0.25, 0.3) is 16.6 Å². The molecule has 1 amide bonds. The van der Waals surface area contributed by atoms with Gasteiger partial charge in [-0.2, -0.15) is 0 Å². The number of H-pyrrole nitrogens is 1. The van der Waals surface area contributed by atoms with Crippen LogP contribution in [-0.4, -0.2) is 32.7 Å². The molecule has 0 aliphatic heterocycles. The summed E-state index contributed by atoms with van der Waals surface area (Å²) in [6.07, 6.45) is 5.22. The number of hydrogen-bond acceptors (Lipinski definition) is 4. The van der Waals surface area contributed by atoms with E-state index in [1.807, 2.05) is 30.5 Å². The molecule has 1 unspecified atom stereocenters. The molecule has 2 heterocycles. The van der Waals surface area contributed by atoms with Crippen molar-refractivity contribution in [1.29, 1.82) is 0 Å². The SMILES string of the molecule is CC.COc1ccc(-n2ccnc2C(Cc2cc(F)cc(F)c2)NC(=O)Cc2c[nH]c3ccc(O)cc23)cc1. The van der Waals surface area contributed by atoms with Crippen molar-refractivity contribution in [2.45, 2.75) is 32.7 Å². The monoisotopic (exact) mass is 532 g/mol. The fourth-order valence-electron chi connectivity index (χ4n) is 4.44. The Labute approximate surface area is 225 Å². The van der Waals surface area contributed by atoms with Crippen molar-refractivity contribution in [2.24, 2.45) is 0 Å². The van der Waals surface area contributed by atoms with E-state index in [1.54, 1.807) is 56.0 Å². The van der Waals surface area contributed by atoms with Crippen molar-refractivity contribution in [1.82, 2.24) is 19.9 Å². The first kappa shape index (κ1) is 27.4. The Morgan fingerprint density at radius 1 is 1.08 bits per heavy atom. The second kappa shape index (κ2) is 12.3. The Morgan fingerprint density at radius 2 is 1.79 bits per heavy atom. The van der Waals surface area contributed by atoms with E-state index in [-0.39, 0.29) is 24.5 Å². The number of halogens is 2. The molecule has 5 aromatic rings. The number of aromatic nitrogens is 3. The minimum absolute atomic E-state index is 0.0285. The molecule has 39 heavy (non-hydrogen) atoms. The number of fused-ring (bicyclic) bond motifs is 1. The van der Waals surface area contributed by atoms with Gasteiger partial charge in [0.05, 0.1) is 19.6 Å². The van der Waals surface area contributed by atoms with Gasteiger partial charge in [-0.1, -0.05) is 13.8 Å². The molecular weight excluding hydrogens is 502 g/mol. The lowest BCUT2D eigenvalue weighted by atomic mass is 10.0. The Morgan fingerprint density at radius 3 is 2.49 bits per heavy atom. The number of nitrogens with one attached hydrogen (secondary N) is 2. The fourth-order valence-corrected chi connectivity index (χ4v) is 4.44. The number of phenols is 1. The first-order chi connectivity index (χ1) is 18.9. The third kappa shape index (κ3) is 6.43. The lowest BCUT2D eigenvalue weighted by Gasteiger charge is -2.20. The highest BCUT2D eigenvalue weighted by Crippen LogP contribution is 2.26. The normalized spacial score (nSPS) is 11.5. The quantitative estimate of drug-likeness (QED) is 0.228. The number of hydrogen-bond donors (Lipinski definition) is 3. The Hall–Kier alpha value is -4.66. The molecule has 0 fully saturated rings. The molecule has 2 aromatic heterocycles. The zero-order chi connectivity index (χ0) is 27.9. The zero-order valence-corrected chi connectivity index (χ0v) is 21.9. The van der Waals surface area contributed by atoms with Crippen LogP contribution in [0.5, 0.6) is 11.5 Å². The maximum Gasteiger partial charge on any atom is 0.225 e. The molecule has 0 saturated heterocycles. The molecule has 0 saturated carbocycles. The molecule has 0 bridgehead atoms. The molecule has 0 aliphatic carbocycles. The average Bonchev–Trinajstić information content (AvgIpc) is 3.56. The smallest absolute Gasteiger partial charge is 0.225 e. The Bertz CT molecular complexity index is 1540. The second-order valence-electron chi connectivity index (χ2n) is 8.68. The number of aromatic hydroxyl groups is 1. The summed E-state index contributed by atoms with van der Waals surface area (Å²) >= 11 is 0. The van der Waals surface area contributed by atoms with Crippen LogP contribution < -0.4 is 10.1 Å². The van der Waals surface area contributed by atoms with Gasteiger partial charge in [-0.3, -0.25) is 4.79 Å². The van der Waals surface area contributed by atoms with Gasteiger partial charge in [0.15, 0.2) is 0 Å². The number of phenolic OH excluding ortho intramolecular Hbond substituents is 1. The summed E-state index contributed by atoms with van der Waals surface area (Å²) in [7, 11) is 1.58. The lowest BCUT2D eigenvalue weighted by molar-refractivity contribution is -0.121. The van der Waals surface area contributed by atoms with Crippen LogP contribution in [0.15, 0.2) is 79.3 Å². The van der Waals surface area contributed by atoms with Crippen LogP contribution in [0.4, 0.5) is 8.78 Å². The predicted molar refractivity (Wildman–Crippen MR) is 146 cm³/mol. The highest BCUT2D eigenvalue weighted by molar-refractivity contribution is 5.89. The molecule has 0 spiro atoms. The number of aromatic amines is 1. The van der Waals surface area contributed by atoms with Gasteiger partial charge in [0.25, 0.3) is 0 Å². The average molecular weight is 533 g/mol. The number of imidazole rings is 1. The van der Waals surface area contributed by atoms with E-state index in [0.717, 1.165) is 22.7 Å². The molecule has 0 radical (unpaired) electrons. The van der Waals surface area contributed by atoms with Crippen molar-refractivity contribution in [2.75, 3.05) is 7.11 Å². The molecule has 9 heteroatoms. The van der Waals surface area contributed by atoms with Crippen LogP contribution in [-0.2, 0) is 17.6 Å². The standard InChI is InChI=1S/C28H24F2N4O3.C2H6/c1-37-23-5-2-21(3-6-23)34-9-8-31-28(34)26(12-17-10-19(29)14-20(30)11-17)33-27(36)13-18-16-32-25-7-4-22(35)15-24(18)25;1-2/h2-11,14-16,26,32,35H,12-13H2,1H3,(H,33,36);1-2H3. The number of carbonyl (C=O) groups excluding carboxylic acids is 1. The summed E-state index contributed by atoms with van der Waals surface area (Å²) in [6.45, 7) is 4.00. The fraction of sp³-hybridized carbons (Fsp3) is 0.200. The number of benzene rings is 3. The topological polar surface area (TPSA) is 92.2 Å².